The van der Waals surface area contributed by atoms with Crippen molar-refractivity contribution in [2.45, 2.75) is 26.4 Å². The van der Waals surface area contributed by atoms with Crippen molar-refractivity contribution in [1.29, 1.82) is 0 Å². The third-order valence-corrected chi connectivity index (χ3v) is 5.93. The second-order valence-electron chi connectivity index (χ2n) is 9.16. The van der Waals surface area contributed by atoms with Gasteiger partial charge in [0.25, 0.3) is 11.8 Å². The van der Waals surface area contributed by atoms with Gasteiger partial charge >= 0.3 is 6.09 Å². The Morgan fingerprint density at radius 1 is 0.879 bits per heavy atom. The zero-order chi connectivity index (χ0) is 23.1. The second-order valence-corrected chi connectivity index (χ2v) is 9.16. The van der Waals surface area contributed by atoms with Crippen molar-refractivity contribution in [3.8, 4) is 0 Å². The summed E-state index contributed by atoms with van der Waals surface area (Å²) in [7, 11) is 0. The van der Waals surface area contributed by atoms with Gasteiger partial charge in [0.05, 0.1) is 16.6 Å². The lowest BCUT2D eigenvalue weighted by Gasteiger charge is -2.22. The molecule has 7 nitrogen and oxygen atoms in total. The van der Waals surface area contributed by atoms with Crippen molar-refractivity contribution in [1.82, 2.24) is 14.9 Å². The minimum absolute atomic E-state index is 0.198. The third-order valence-electron chi connectivity index (χ3n) is 5.93. The Bertz CT molecular complexity index is 1690. The van der Waals surface area contributed by atoms with Gasteiger partial charge in [0.15, 0.2) is 0 Å². The average molecular weight is 437 g/mol. The molecule has 7 heteroatoms. The number of aromatic amines is 1. The quantitative estimate of drug-likeness (QED) is 0.253. The minimum atomic E-state index is -0.979. The number of rotatable bonds is 0. The van der Waals surface area contributed by atoms with E-state index in [0.717, 1.165) is 16.2 Å². The molecule has 3 aromatic carbocycles. The molecule has 0 radical (unpaired) electrons. The Morgan fingerprint density at radius 3 is 2.33 bits per heavy atom. The van der Waals surface area contributed by atoms with Crippen molar-refractivity contribution in [2.24, 2.45) is 0 Å². The van der Waals surface area contributed by atoms with Crippen LogP contribution in [0.2, 0.25) is 0 Å². The summed E-state index contributed by atoms with van der Waals surface area (Å²) in [6.07, 6.45) is 0.684. The topological polar surface area (TPSA) is 92.4 Å². The summed E-state index contributed by atoms with van der Waals surface area (Å²) in [5.41, 5.74) is 0.863. The van der Waals surface area contributed by atoms with Crippen LogP contribution in [0.1, 0.15) is 41.5 Å². The van der Waals surface area contributed by atoms with Crippen molar-refractivity contribution in [3.63, 3.8) is 0 Å². The lowest BCUT2D eigenvalue weighted by molar-refractivity contribution is 0.0256. The van der Waals surface area contributed by atoms with E-state index in [2.05, 4.69) is 9.97 Å². The first-order valence-electron chi connectivity index (χ1n) is 10.6. The highest BCUT2D eigenvalue weighted by atomic mass is 16.6. The number of nitrogens with zero attached hydrogens (tertiary/aromatic N) is 2. The van der Waals surface area contributed by atoms with Crippen LogP contribution in [-0.2, 0) is 4.74 Å². The van der Waals surface area contributed by atoms with Crippen LogP contribution in [0.3, 0.4) is 0 Å². The molecule has 1 N–H and O–H groups in total. The molecule has 0 bridgehead atoms. The van der Waals surface area contributed by atoms with Crippen LogP contribution in [-0.4, -0.2) is 38.4 Å². The van der Waals surface area contributed by atoms with E-state index in [1.807, 2.05) is 42.5 Å². The number of fused-ring (bicyclic) bond motifs is 10. The molecule has 2 aromatic heterocycles. The zero-order valence-electron chi connectivity index (χ0n) is 18.2. The SMILES string of the molecule is CC(C)(C)OC(=O)N1C(=O)c2c(c3c4cccnc4[nH]c3c3ccc4ccccc4c23)C1=O. The molecule has 5 aromatic rings. The molecule has 6 rings (SSSR count). The van der Waals surface area contributed by atoms with E-state index in [1.165, 1.54) is 0 Å². The maximum atomic E-state index is 13.7. The predicted molar refractivity (Wildman–Crippen MR) is 125 cm³/mol. The molecule has 0 saturated carbocycles. The zero-order valence-corrected chi connectivity index (χ0v) is 18.2. The van der Waals surface area contributed by atoms with Gasteiger partial charge in [0.2, 0.25) is 0 Å². The van der Waals surface area contributed by atoms with Crippen LogP contribution < -0.4 is 0 Å². The monoisotopic (exact) mass is 437 g/mol. The number of pyridine rings is 1. The smallest absolute Gasteiger partial charge is 0.424 e. The van der Waals surface area contributed by atoms with Gasteiger partial charge < -0.3 is 9.72 Å². The molecule has 0 saturated heterocycles. The highest BCUT2D eigenvalue weighted by Crippen LogP contribution is 2.43. The minimum Gasteiger partial charge on any atom is -0.443 e. The predicted octanol–water partition coefficient (Wildman–Crippen LogP) is 5.55. The van der Waals surface area contributed by atoms with Gasteiger partial charge in [-0.2, -0.15) is 4.90 Å². The summed E-state index contributed by atoms with van der Waals surface area (Å²) < 4.78 is 5.40. The van der Waals surface area contributed by atoms with Crippen LogP contribution in [0.15, 0.2) is 54.7 Å². The molecule has 162 valence electrons. The van der Waals surface area contributed by atoms with E-state index in [4.69, 9.17) is 4.74 Å². The Balaban J connectivity index is 1.79. The van der Waals surface area contributed by atoms with Gasteiger partial charge in [-0.1, -0.05) is 36.4 Å². The Kier molecular flexibility index (Phi) is 3.76. The summed E-state index contributed by atoms with van der Waals surface area (Å²) >= 11 is 0. The van der Waals surface area contributed by atoms with Crippen molar-refractivity contribution < 1.29 is 19.1 Å². The number of imide groups is 3. The molecule has 3 amide bonds. The molecule has 0 unspecified atom stereocenters. The Hall–Kier alpha value is -4.26. The van der Waals surface area contributed by atoms with Crippen molar-refractivity contribution in [2.75, 3.05) is 0 Å². The first-order chi connectivity index (χ1) is 15.8. The lowest BCUT2D eigenvalue weighted by Crippen LogP contribution is -2.40. The largest absolute Gasteiger partial charge is 0.443 e. The third kappa shape index (κ3) is 2.62. The number of hydrogen-bond donors (Lipinski definition) is 1. The fourth-order valence-corrected chi connectivity index (χ4v) is 4.70. The number of amides is 3. The second kappa shape index (κ2) is 6.38. The summed E-state index contributed by atoms with van der Waals surface area (Å²) in [4.78, 5) is 48.6. The van der Waals surface area contributed by atoms with Gasteiger partial charge in [0, 0.05) is 27.7 Å². The van der Waals surface area contributed by atoms with E-state index in [1.54, 1.807) is 33.0 Å². The van der Waals surface area contributed by atoms with Gasteiger partial charge in [-0.3, -0.25) is 9.59 Å². The molecule has 0 fully saturated rings. The summed E-state index contributed by atoms with van der Waals surface area (Å²) in [6.45, 7) is 5.07. The lowest BCUT2D eigenvalue weighted by atomic mass is 9.91. The highest BCUT2D eigenvalue weighted by molar-refractivity contribution is 6.41. The van der Waals surface area contributed by atoms with E-state index in [-0.39, 0.29) is 11.1 Å². The van der Waals surface area contributed by atoms with Crippen LogP contribution in [0, 0.1) is 0 Å². The summed E-state index contributed by atoms with van der Waals surface area (Å²) in [6, 6.07) is 15.2. The molecular weight excluding hydrogens is 418 g/mol. The number of H-pyrrole nitrogens is 1. The Labute approximate surface area is 187 Å². The number of carbonyl (C=O) groups excluding carboxylic acids is 3. The maximum Gasteiger partial charge on any atom is 0.424 e. The van der Waals surface area contributed by atoms with E-state index < -0.39 is 23.5 Å². The number of nitrogens with one attached hydrogen (secondary N) is 1. The van der Waals surface area contributed by atoms with Crippen LogP contribution in [0.4, 0.5) is 4.79 Å². The van der Waals surface area contributed by atoms with Crippen LogP contribution in [0.25, 0.3) is 43.5 Å². The summed E-state index contributed by atoms with van der Waals surface area (Å²) in [5.74, 6) is -1.36. The van der Waals surface area contributed by atoms with Gasteiger partial charge in [-0.15, -0.1) is 0 Å². The van der Waals surface area contributed by atoms with Gasteiger partial charge in [0.1, 0.15) is 11.2 Å². The van der Waals surface area contributed by atoms with Crippen molar-refractivity contribution in [3.05, 3.63) is 65.9 Å². The Morgan fingerprint density at radius 2 is 1.58 bits per heavy atom. The standard InChI is InChI=1S/C26H19N3O4/c1-26(2,3)33-25(32)29-23(30)19-17-14-8-5-4-7-13(14)10-11-15(17)21-18(20(19)24(29)31)16-9-6-12-27-22(16)28-21/h4-12H,1-3H3,(H,27,28). The molecule has 1 aliphatic rings. The van der Waals surface area contributed by atoms with Crippen LogP contribution in [0.5, 0.6) is 0 Å². The van der Waals surface area contributed by atoms with E-state index in [0.29, 0.717) is 32.2 Å². The number of hydrogen-bond acceptors (Lipinski definition) is 5. The molecule has 0 spiro atoms. The molecule has 0 aliphatic carbocycles. The fourth-order valence-electron chi connectivity index (χ4n) is 4.70. The fraction of sp³-hybridized carbons (Fsp3) is 0.154. The average Bonchev–Trinajstić information content (AvgIpc) is 3.27. The molecule has 1 aliphatic heterocycles. The van der Waals surface area contributed by atoms with E-state index >= 15 is 0 Å². The van der Waals surface area contributed by atoms with Crippen molar-refractivity contribution >= 4 is 61.4 Å². The van der Waals surface area contributed by atoms with Gasteiger partial charge in [-0.05, 0) is 43.7 Å². The number of benzene rings is 3. The van der Waals surface area contributed by atoms with Crippen LogP contribution >= 0.6 is 0 Å². The first-order valence-corrected chi connectivity index (χ1v) is 10.6. The normalized spacial score (nSPS) is 14.1. The maximum absolute atomic E-state index is 13.7. The molecule has 3 heterocycles. The number of carbonyl (C=O) groups is 3. The molecule has 33 heavy (non-hydrogen) atoms. The first kappa shape index (κ1) is 19.4. The van der Waals surface area contributed by atoms with Gasteiger partial charge in [-0.25, -0.2) is 9.78 Å². The number of ether oxygens (including phenoxy) is 1. The summed E-state index contributed by atoms with van der Waals surface area (Å²) in [5, 5.41) is 4.47. The van der Waals surface area contributed by atoms with E-state index in [9.17, 15) is 14.4 Å². The number of aromatic nitrogens is 2. The molecule has 0 atom stereocenters. The highest BCUT2D eigenvalue weighted by Gasteiger charge is 2.45. The molecular formula is C26H19N3O4.